The first-order valence-corrected chi connectivity index (χ1v) is 7.24. The zero-order chi connectivity index (χ0) is 17.1. The molecular formula is C15H14N4O5. The maximum Gasteiger partial charge on any atom is 0.433 e. The van der Waals surface area contributed by atoms with E-state index >= 15 is 0 Å². The predicted octanol–water partition coefficient (Wildman–Crippen LogP) is 0.971. The standard InChI is InChI=1S/C15H14N4O5/c20-14(17-7-10-3-5-16-6-4-10)11-8-18(9-11)15(21)12-1-2-13(24-12)19(22)23/h1-6,11H,7-9H2,(H,17,20). The summed E-state index contributed by atoms with van der Waals surface area (Å²) in [6.07, 6.45) is 3.29. The molecule has 0 atom stereocenters. The molecule has 9 heteroatoms. The lowest BCUT2D eigenvalue weighted by Gasteiger charge is -2.37. The van der Waals surface area contributed by atoms with E-state index in [-0.39, 0.29) is 30.7 Å². The van der Waals surface area contributed by atoms with E-state index in [1.165, 1.54) is 11.0 Å². The average molecular weight is 330 g/mol. The maximum atomic E-state index is 12.1. The van der Waals surface area contributed by atoms with Gasteiger partial charge in [-0.15, -0.1) is 0 Å². The van der Waals surface area contributed by atoms with Gasteiger partial charge in [0.25, 0.3) is 5.91 Å². The van der Waals surface area contributed by atoms with Crippen LogP contribution in [0, 0.1) is 16.0 Å². The number of carbonyl (C=O) groups is 2. The minimum absolute atomic E-state index is 0.0997. The molecule has 2 amide bonds. The van der Waals surface area contributed by atoms with Gasteiger partial charge in [-0.1, -0.05) is 0 Å². The van der Waals surface area contributed by atoms with Gasteiger partial charge in [0.2, 0.25) is 5.91 Å². The topological polar surface area (TPSA) is 119 Å². The Morgan fingerprint density at radius 1 is 1.29 bits per heavy atom. The van der Waals surface area contributed by atoms with Crippen LogP contribution >= 0.6 is 0 Å². The quantitative estimate of drug-likeness (QED) is 0.644. The van der Waals surface area contributed by atoms with Gasteiger partial charge in [0.05, 0.1) is 12.0 Å². The van der Waals surface area contributed by atoms with Crippen molar-refractivity contribution >= 4 is 17.7 Å². The van der Waals surface area contributed by atoms with Crippen LogP contribution < -0.4 is 5.32 Å². The van der Waals surface area contributed by atoms with E-state index in [9.17, 15) is 19.7 Å². The van der Waals surface area contributed by atoms with Gasteiger partial charge in [-0.25, -0.2) is 0 Å². The van der Waals surface area contributed by atoms with Crippen LogP contribution in [0.25, 0.3) is 0 Å². The Bertz CT molecular complexity index is 767. The number of nitrogens with one attached hydrogen (secondary N) is 1. The van der Waals surface area contributed by atoms with Crippen molar-refractivity contribution in [2.75, 3.05) is 13.1 Å². The number of nitrogens with zero attached hydrogens (tertiary/aromatic N) is 3. The molecule has 0 spiro atoms. The Hall–Kier alpha value is -3.23. The summed E-state index contributed by atoms with van der Waals surface area (Å²) < 4.78 is 4.87. The highest BCUT2D eigenvalue weighted by atomic mass is 16.6. The first-order chi connectivity index (χ1) is 11.5. The summed E-state index contributed by atoms with van der Waals surface area (Å²) in [5, 5.41) is 13.4. The van der Waals surface area contributed by atoms with E-state index in [0.717, 1.165) is 11.6 Å². The van der Waals surface area contributed by atoms with Crippen molar-refractivity contribution in [2.45, 2.75) is 6.54 Å². The number of hydrogen-bond donors (Lipinski definition) is 1. The number of aromatic nitrogens is 1. The largest absolute Gasteiger partial charge is 0.433 e. The molecule has 1 aliphatic heterocycles. The van der Waals surface area contributed by atoms with Crippen molar-refractivity contribution in [3.8, 4) is 0 Å². The highest BCUT2D eigenvalue weighted by Crippen LogP contribution is 2.22. The monoisotopic (exact) mass is 330 g/mol. The summed E-state index contributed by atoms with van der Waals surface area (Å²) in [5.74, 6) is -1.47. The van der Waals surface area contributed by atoms with Gasteiger partial charge in [-0.3, -0.25) is 24.7 Å². The third kappa shape index (κ3) is 3.24. The summed E-state index contributed by atoms with van der Waals surface area (Å²) in [4.78, 5) is 39.3. The fraction of sp³-hybridized carbons (Fsp3) is 0.267. The molecule has 1 saturated heterocycles. The van der Waals surface area contributed by atoms with Crippen molar-refractivity contribution in [3.05, 3.63) is 58.1 Å². The molecule has 2 aromatic heterocycles. The second-order valence-corrected chi connectivity index (χ2v) is 5.38. The van der Waals surface area contributed by atoms with Crippen molar-refractivity contribution in [3.63, 3.8) is 0 Å². The summed E-state index contributed by atoms with van der Waals surface area (Å²) in [7, 11) is 0. The van der Waals surface area contributed by atoms with Crippen LogP contribution in [0.2, 0.25) is 0 Å². The lowest BCUT2D eigenvalue weighted by Crippen LogP contribution is -2.55. The van der Waals surface area contributed by atoms with Gasteiger partial charge in [0.15, 0.2) is 5.76 Å². The van der Waals surface area contributed by atoms with Crippen LogP contribution in [0.4, 0.5) is 5.88 Å². The van der Waals surface area contributed by atoms with E-state index in [0.29, 0.717) is 6.54 Å². The Morgan fingerprint density at radius 2 is 2.00 bits per heavy atom. The molecule has 2 aromatic rings. The van der Waals surface area contributed by atoms with Gasteiger partial charge in [0.1, 0.15) is 4.92 Å². The Balaban J connectivity index is 1.48. The molecule has 1 aliphatic rings. The molecule has 1 N–H and O–H groups in total. The van der Waals surface area contributed by atoms with Crippen molar-refractivity contribution in [1.29, 1.82) is 0 Å². The minimum atomic E-state index is -0.706. The van der Waals surface area contributed by atoms with Crippen molar-refractivity contribution in [1.82, 2.24) is 15.2 Å². The Labute approximate surface area is 136 Å². The smallest absolute Gasteiger partial charge is 0.395 e. The van der Waals surface area contributed by atoms with Gasteiger partial charge in [0, 0.05) is 32.0 Å². The number of pyridine rings is 1. The highest BCUT2D eigenvalue weighted by Gasteiger charge is 2.37. The maximum absolute atomic E-state index is 12.1. The van der Waals surface area contributed by atoms with E-state index in [2.05, 4.69) is 10.3 Å². The number of hydrogen-bond acceptors (Lipinski definition) is 6. The fourth-order valence-corrected chi connectivity index (χ4v) is 2.34. The van der Waals surface area contributed by atoms with Gasteiger partial charge in [-0.05, 0) is 23.8 Å². The predicted molar refractivity (Wildman–Crippen MR) is 80.8 cm³/mol. The summed E-state index contributed by atoms with van der Waals surface area (Å²) in [5.41, 5.74) is 0.938. The molecule has 1 fully saturated rings. The number of furan rings is 1. The first-order valence-electron chi connectivity index (χ1n) is 7.24. The van der Waals surface area contributed by atoms with E-state index in [1.807, 2.05) is 0 Å². The first kappa shape index (κ1) is 15.7. The van der Waals surface area contributed by atoms with Crippen LogP contribution in [0.1, 0.15) is 16.1 Å². The summed E-state index contributed by atoms with van der Waals surface area (Å²) in [6, 6.07) is 6.00. The van der Waals surface area contributed by atoms with Crippen LogP contribution in [0.15, 0.2) is 41.1 Å². The SMILES string of the molecule is O=C(NCc1ccncc1)C1CN(C(=O)c2ccc([N+](=O)[O-])o2)C1. The zero-order valence-corrected chi connectivity index (χ0v) is 12.5. The summed E-state index contributed by atoms with van der Waals surface area (Å²) in [6.45, 7) is 0.918. The lowest BCUT2D eigenvalue weighted by molar-refractivity contribution is -0.402. The highest BCUT2D eigenvalue weighted by molar-refractivity contribution is 5.94. The van der Waals surface area contributed by atoms with E-state index < -0.39 is 16.7 Å². The molecular weight excluding hydrogens is 316 g/mol. The van der Waals surface area contributed by atoms with Gasteiger partial charge in [-0.2, -0.15) is 0 Å². The molecule has 124 valence electrons. The molecule has 9 nitrogen and oxygen atoms in total. The molecule has 0 bridgehead atoms. The third-order valence-electron chi connectivity index (χ3n) is 3.74. The van der Waals surface area contributed by atoms with Crippen LogP contribution in [0.3, 0.4) is 0 Å². The van der Waals surface area contributed by atoms with Gasteiger partial charge >= 0.3 is 5.88 Å². The lowest BCUT2D eigenvalue weighted by atomic mass is 9.98. The molecule has 0 unspecified atom stereocenters. The van der Waals surface area contributed by atoms with E-state index in [1.54, 1.807) is 24.5 Å². The molecule has 3 rings (SSSR count). The fourth-order valence-electron chi connectivity index (χ4n) is 2.34. The number of rotatable bonds is 5. The zero-order valence-electron chi connectivity index (χ0n) is 12.5. The number of carbonyl (C=O) groups excluding carboxylic acids is 2. The van der Waals surface area contributed by atoms with Crippen molar-refractivity contribution in [2.24, 2.45) is 5.92 Å². The normalized spacial score (nSPS) is 14.1. The number of amides is 2. The Morgan fingerprint density at radius 3 is 2.62 bits per heavy atom. The van der Waals surface area contributed by atoms with Crippen LogP contribution in [-0.4, -0.2) is 39.7 Å². The van der Waals surface area contributed by atoms with E-state index in [4.69, 9.17) is 4.42 Å². The summed E-state index contributed by atoms with van der Waals surface area (Å²) >= 11 is 0. The molecule has 3 heterocycles. The number of nitro groups is 1. The second-order valence-electron chi connectivity index (χ2n) is 5.38. The second kappa shape index (κ2) is 6.49. The number of likely N-dealkylation sites (tertiary alicyclic amines) is 1. The van der Waals surface area contributed by atoms with Gasteiger partial charge < -0.3 is 14.6 Å². The van der Waals surface area contributed by atoms with Crippen molar-refractivity contribution < 1.29 is 18.9 Å². The molecule has 24 heavy (non-hydrogen) atoms. The van der Waals surface area contributed by atoms with Crippen LogP contribution in [-0.2, 0) is 11.3 Å². The molecule has 0 saturated carbocycles. The molecule has 0 radical (unpaired) electrons. The minimum Gasteiger partial charge on any atom is -0.395 e. The Kier molecular flexibility index (Phi) is 4.23. The van der Waals surface area contributed by atoms with Crippen LogP contribution in [0.5, 0.6) is 0 Å². The third-order valence-corrected chi connectivity index (χ3v) is 3.74. The molecule has 0 aromatic carbocycles. The molecule has 0 aliphatic carbocycles. The average Bonchev–Trinajstić information content (AvgIpc) is 3.02.